The number of rotatable bonds is 5. The lowest BCUT2D eigenvalue weighted by atomic mass is 10.1. The quantitative estimate of drug-likeness (QED) is 0.838. The van der Waals surface area contributed by atoms with E-state index in [1.54, 1.807) is 29.2 Å². The van der Waals surface area contributed by atoms with Crippen LogP contribution in [0.3, 0.4) is 0 Å². The van der Waals surface area contributed by atoms with Crippen LogP contribution in [0.15, 0.2) is 42.6 Å². The molecule has 0 spiro atoms. The van der Waals surface area contributed by atoms with Gasteiger partial charge >= 0.3 is 0 Å². The molecule has 1 aromatic heterocycles. The van der Waals surface area contributed by atoms with Crippen LogP contribution in [0.1, 0.15) is 29.8 Å². The molecule has 0 aliphatic carbocycles. The first kappa shape index (κ1) is 16.8. The molecule has 1 fully saturated rings. The number of benzene rings is 1. The summed E-state index contributed by atoms with van der Waals surface area (Å²) in [6.45, 7) is 4.96. The van der Waals surface area contributed by atoms with E-state index in [9.17, 15) is 4.79 Å². The van der Waals surface area contributed by atoms with Crippen molar-refractivity contribution in [2.45, 2.75) is 26.1 Å². The summed E-state index contributed by atoms with van der Waals surface area (Å²) in [6, 6.07) is 12.5. The lowest BCUT2D eigenvalue weighted by Gasteiger charge is -2.38. The van der Waals surface area contributed by atoms with E-state index < -0.39 is 0 Å². The second-order valence-corrected chi connectivity index (χ2v) is 6.14. The van der Waals surface area contributed by atoms with Crippen LogP contribution in [0.4, 0.5) is 0 Å². The van der Waals surface area contributed by atoms with Gasteiger partial charge in [0, 0.05) is 17.8 Å². The predicted octanol–water partition coefficient (Wildman–Crippen LogP) is 2.64. The molecule has 0 bridgehead atoms. The molecule has 3 rings (SSSR count). The average molecular weight is 337 g/mol. The highest BCUT2D eigenvalue weighted by atomic mass is 16.5. The number of carbonyl (C=O) groups is 1. The normalized spacial score (nSPS) is 13.9. The monoisotopic (exact) mass is 337 g/mol. The Bertz CT molecular complexity index is 773. The summed E-state index contributed by atoms with van der Waals surface area (Å²) in [6.07, 6.45) is 1.50. The molecule has 2 aromatic rings. The first-order valence-electron chi connectivity index (χ1n) is 8.14. The predicted molar refractivity (Wildman–Crippen MR) is 91.5 cm³/mol. The van der Waals surface area contributed by atoms with Gasteiger partial charge in [-0.15, -0.1) is 0 Å². The molecule has 1 saturated heterocycles. The molecular weight excluding hydrogens is 318 g/mol. The van der Waals surface area contributed by atoms with Gasteiger partial charge in [0.25, 0.3) is 5.91 Å². The van der Waals surface area contributed by atoms with E-state index in [-0.39, 0.29) is 18.1 Å². The van der Waals surface area contributed by atoms with Gasteiger partial charge in [0.2, 0.25) is 5.88 Å². The molecular formula is C19H19N3O3. The molecule has 0 atom stereocenters. The minimum Gasteiger partial charge on any atom is -0.491 e. The van der Waals surface area contributed by atoms with Crippen molar-refractivity contribution < 1.29 is 14.3 Å². The Morgan fingerprint density at radius 1 is 1.24 bits per heavy atom. The van der Waals surface area contributed by atoms with E-state index in [4.69, 9.17) is 14.7 Å². The molecule has 25 heavy (non-hydrogen) atoms. The maximum Gasteiger partial charge on any atom is 0.254 e. The number of pyridine rings is 1. The fraction of sp³-hybridized carbons (Fsp3) is 0.316. The van der Waals surface area contributed by atoms with Gasteiger partial charge in [-0.05, 0) is 44.2 Å². The molecule has 1 aromatic carbocycles. The van der Waals surface area contributed by atoms with Gasteiger partial charge < -0.3 is 14.4 Å². The Kier molecular flexibility index (Phi) is 4.85. The third-order valence-electron chi connectivity index (χ3n) is 3.76. The molecule has 1 amide bonds. The maximum atomic E-state index is 12.4. The van der Waals surface area contributed by atoms with Gasteiger partial charge in [-0.3, -0.25) is 4.79 Å². The minimum absolute atomic E-state index is 0.0243. The molecule has 0 N–H and O–H groups in total. The fourth-order valence-electron chi connectivity index (χ4n) is 2.50. The Morgan fingerprint density at radius 2 is 1.96 bits per heavy atom. The Hall–Kier alpha value is -3.07. The van der Waals surface area contributed by atoms with Crippen LogP contribution in [0.5, 0.6) is 11.6 Å². The van der Waals surface area contributed by atoms with E-state index in [1.165, 1.54) is 6.20 Å². The Balaban J connectivity index is 1.51. The third kappa shape index (κ3) is 4.07. The van der Waals surface area contributed by atoms with Gasteiger partial charge in [0.05, 0.1) is 24.8 Å². The van der Waals surface area contributed by atoms with E-state index in [0.29, 0.717) is 30.1 Å². The molecule has 1 aliphatic rings. The summed E-state index contributed by atoms with van der Waals surface area (Å²) in [5.74, 6) is 1.19. The highest BCUT2D eigenvalue weighted by molar-refractivity contribution is 5.94. The Morgan fingerprint density at radius 3 is 2.52 bits per heavy atom. The fourth-order valence-corrected chi connectivity index (χ4v) is 2.50. The zero-order chi connectivity index (χ0) is 17.8. The number of likely N-dealkylation sites (tertiary alicyclic amines) is 1. The highest BCUT2D eigenvalue weighted by Crippen LogP contribution is 2.20. The molecule has 128 valence electrons. The van der Waals surface area contributed by atoms with Crippen LogP contribution in [-0.4, -0.2) is 41.1 Å². The number of ether oxygens (including phenoxy) is 2. The van der Waals surface area contributed by atoms with Gasteiger partial charge in [-0.25, -0.2) is 4.98 Å². The van der Waals surface area contributed by atoms with Gasteiger partial charge in [-0.2, -0.15) is 5.26 Å². The second kappa shape index (κ2) is 7.22. The van der Waals surface area contributed by atoms with E-state index >= 15 is 0 Å². The molecule has 0 radical (unpaired) electrons. The standard InChI is InChI=1S/C19H19N3O3/c1-13(2)24-16-6-4-15(5-7-16)19(23)22-11-17(12-22)25-18-8-3-14(9-20)10-21-18/h3-8,10,13,17H,11-12H2,1-2H3. The summed E-state index contributed by atoms with van der Waals surface area (Å²) >= 11 is 0. The van der Waals surface area contributed by atoms with Crippen molar-refractivity contribution >= 4 is 5.91 Å². The van der Waals surface area contributed by atoms with Crippen LogP contribution in [0.2, 0.25) is 0 Å². The van der Waals surface area contributed by atoms with E-state index in [0.717, 1.165) is 5.75 Å². The lowest BCUT2D eigenvalue weighted by Crippen LogP contribution is -2.56. The maximum absolute atomic E-state index is 12.4. The molecule has 0 saturated carbocycles. The summed E-state index contributed by atoms with van der Waals surface area (Å²) in [5.41, 5.74) is 1.12. The van der Waals surface area contributed by atoms with Crippen molar-refractivity contribution in [2.75, 3.05) is 13.1 Å². The molecule has 2 heterocycles. The van der Waals surface area contributed by atoms with Gasteiger partial charge in [0.15, 0.2) is 0 Å². The van der Waals surface area contributed by atoms with Crippen molar-refractivity contribution in [2.24, 2.45) is 0 Å². The van der Waals surface area contributed by atoms with Crippen LogP contribution in [-0.2, 0) is 0 Å². The zero-order valence-corrected chi connectivity index (χ0v) is 14.2. The zero-order valence-electron chi connectivity index (χ0n) is 14.2. The smallest absolute Gasteiger partial charge is 0.254 e. The number of hydrogen-bond acceptors (Lipinski definition) is 5. The van der Waals surface area contributed by atoms with Crippen LogP contribution >= 0.6 is 0 Å². The molecule has 6 nitrogen and oxygen atoms in total. The average Bonchev–Trinajstić information content (AvgIpc) is 2.58. The first-order chi connectivity index (χ1) is 12.0. The molecule has 1 aliphatic heterocycles. The largest absolute Gasteiger partial charge is 0.491 e. The van der Waals surface area contributed by atoms with Crippen molar-refractivity contribution in [1.29, 1.82) is 5.26 Å². The number of nitriles is 1. The second-order valence-electron chi connectivity index (χ2n) is 6.14. The van der Waals surface area contributed by atoms with Crippen molar-refractivity contribution in [3.63, 3.8) is 0 Å². The summed E-state index contributed by atoms with van der Waals surface area (Å²) in [5, 5.41) is 8.75. The highest BCUT2D eigenvalue weighted by Gasteiger charge is 2.33. The van der Waals surface area contributed by atoms with Gasteiger partial charge in [0.1, 0.15) is 17.9 Å². The van der Waals surface area contributed by atoms with Crippen LogP contribution in [0.25, 0.3) is 0 Å². The number of nitrogens with zero attached hydrogens (tertiary/aromatic N) is 3. The lowest BCUT2D eigenvalue weighted by molar-refractivity contribution is 0.0160. The topological polar surface area (TPSA) is 75.4 Å². The third-order valence-corrected chi connectivity index (χ3v) is 3.76. The summed E-state index contributed by atoms with van der Waals surface area (Å²) < 4.78 is 11.3. The number of aromatic nitrogens is 1. The summed E-state index contributed by atoms with van der Waals surface area (Å²) in [7, 11) is 0. The van der Waals surface area contributed by atoms with Gasteiger partial charge in [-0.1, -0.05) is 0 Å². The molecule has 0 unspecified atom stereocenters. The number of amides is 1. The number of hydrogen-bond donors (Lipinski definition) is 0. The van der Waals surface area contributed by atoms with Crippen LogP contribution < -0.4 is 9.47 Å². The van der Waals surface area contributed by atoms with Crippen LogP contribution in [0, 0.1) is 11.3 Å². The van der Waals surface area contributed by atoms with E-state index in [1.807, 2.05) is 32.0 Å². The van der Waals surface area contributed by atoms with E-state index in [2.05, 4.69) is 4.98 Å². The first-order valence-corrected chi connectivity index (χ1v) is 8.14. The summed E-state index contributed by atoms with van der Waals surface area (Å²) in [4.78, 5) is 18.2. The SMILES string of the molecule is CC(C)Oc1ccc(C(=O)N2CC(Oc3ccc(C#N)cn3)C2)cc1. The molecule has 6 heteroatoms. The van der Waals surface area contributed by atoms with Crippen molar-refractivity contribution in [3.05, 3.63) is 53.7 Å². The minimum atomic E-state index is -0.0760. The number of carbonyl (C=O) groups excluding carboxylic acids is 1. The van der Waals surface area contributed by atoms with Crippen molar-refractivity contribution in [1.82, 2.24) is 9.88 Å². The Labute approximate surface area is 146 Å². The van der Waals surface area contributed by atoms with Crippen molar-refractivity contribution in [3.8, 4) is 17.7 Å².